The van der Waals surface area contributed by atoms with Crippen LogP contribution in [0.4, 0.5) is 26.3 Å². The first-order valence-electron chi connectivity index (χ1n) is 13.3. The van der Waals surface area contributed by atoms with Gasteiger partial charge < -0.3 is 0 Å². The monoisotopic (exact) mass is 530 g/mol. The molecule has 0 atom stereocenters. The van der Waals surface area contributed by atoms with E-state index in [4.69, 9.17) is 0 Å². The van der Waals surface area contributed by atoms with Gasteiger partial charge in [0.05, 0.1) is 11.1 Å². The third-order valence-electron chi connectivity index (χ3n) is 5.84. The molecule has 0 aliphatic heterocycles. The highest BCUT2D eigenvalue weighted by molar-refractivity contribution is 5.91. The Hall–Kier alpha value is -2.24. The molecule has 210 valence electrons. The van der Waals surface area contributed by atoms with Crippen molar-refractivity contribution in [3.63, 3.8) is 0 Å². The molecule has 0 spiro atoms. The molecule has 0 N–H and O–H groups in total. The molecule has 0 aromatic heterocycles. The molecule has 6 heteroatoms. The number of benzene rings is 2. The smallest absolute Gasteiger partial charge is 0.166 e. The van der Waals surface area contributed by atoms with Crippen molar-refractivity contribution in [2.24, 2.45) is 5.92 Å². The van der Waals surface area contributed by atoms with E-state index in [0.717, 1.165) is 34.8 Å². The largest absolute Gasteiger partial charge is 0.416 e. The zero-order valence-electron chi connectivity index (χ0n) is 23.6. The normalized spacial score (nSPS) is 14.0. The quantitative estimate of drug-likeness (QED) is 0.272. The SMILES string of the molecule is CC.CC1CCC1.CCC.CCC/C(=C(/C)c1cc(C(F)(F)F)cc(C(F)(F)F)c1)c1ccccc1C. The van der Waals surface area contributed by atoms with Gasteiger partial charge in [0.1, 0.15) is 0 Å². The van der Waals surface area contributed by atoms with E-state index in [9.17, 15) is 26.3 Å². The molecule has 0 saturated heterocycles. The van der Waals surface area contributed by atoms with Crippen LogP contribution in [0.1, 0.15) is 115 Å². The molecular formula is C31H44F6. The Kier molecular flexibility index (Phi) is 15.6. The Labute approximate surface area is 220 Å². The van der Waals surface area contributed by atoms with Crippen LogP contribution in [0, 0.1) is 12.8 Å². The Balaban J connectivity index is 0.00000110. The number of hydrogen-bond acceptors (Lipinski definition) is 0. The van der Waals surface area contributed by atoms with Gasteiger partial charge in [-0.05, 0) is 72.2 Å². The number of hydrogen-bond donors (Lipinski definition) is 0. The lowest BCUT2D eigenvalue weighted by molar-refractivity contribution is -0.143. The molecule has 2 aromatic rings. The van der Waals surface area contributed by atoms with E-state index < -0.39 is 23.5 Å². The molecule has 0 radical (unpaired) electrons. The predicted molar refractivity (Wildman–Crippen MR) is 145 cm³/mol. The van der Waals surface area contributed by atoms with Crippen molar-refractivity contribution >= 4 is 11.1 Å². The molecule has 0 unspecified atom stereocenters. The average Bonchev–Trinajstić information content (AvgIpc) is 2.82. The maximum absolute atomic E-state index is 13.2. The maximum Gasteiger partial charge on any atom is 0.416 e. The Morgan fingerprint density at radius 2 is 1.27 bits per heavy atom. The van der Waals surface area contributed by atoms with Crippen LogP contribution in [0.15, 0.2) is 42.5 Å². The lowest BCUT2D eigenvalue weighted by Crippen LogP contribution is -2.11. The molecule has 0 heterocycles. The van der Waals surface area contributed by atoms with Crippen molar-refractivity contribution in [2.45, 2.75) is 106 Å². The van der Waals surface area contributed by atoms with Gasteiger partial charge in [-0.2, -0.15) is 26.3 Å². The number of alkyl halides is 6. The second-order valence-corrected chi connectivity index (χ2v) is 9.21. The first-order valence-corrected chi connectivity index (χ1v) is 13.3. The minimum absolute atomic E-state index is 0.0659. The van der Waals surface area contributed by atoms with Gasteiger partial charge in [-0.25, -0.2) is 0 Å². The Bertz CT molecular complexity index is 915. The third kappa shape index (κ3) is 11.8. The molecule has 1 saturated carbocycles. The molecule has 1 aliphatic carbocycles. The molecular weight excluding hydrogens is 486 g/mol. The molecule has 3 rings (SSSR count). The molecule has 2 aromatic carbocycles. The van der Waals surface area contributed by atoms with Crippen LogP contribution in [0.2, 0.25) is 0 Å². The van der Waals surface area contributed by atoms with Crippen LogP contribution >= 0.6 is 0 Å². The minimum atomic E-state index is -4.86. The molecule has 1 fully saturated rings. The van der Waals surface area contributed by atoms with Gasteiger partial charge in [0.2, 0.25) is 0 Å². The summed E-state index contributed by atoms with van der Waals surface area (Å²) in [5.41, 5.74) is 0.264. The van der Waals surface area contributed by atoms with Crippen LogP contribution in [0.5, 0.6) is 0 Å². The molecule has 1 aliphatic rings. The van der Waals surface area contributed by atoms with Gasteiger partial charge in [0, 0.05) is 0 Å². The lowest BCUT2D eigenvalue weighted by atomic mass is 9.88. The van der Waals surface area contributed by atoms with Gasteiger partial charge in [0.25, 0.3) is 0 Å². The fourth-order valence-electron chi connectivity index (χ4n) is 3.64. The first-order chi connectivity index (χ1) is 17.3. The van der Waals surface area contributed by atoms with Gasteiger partial charge in [-0.15, -0.1) is 0 Å². The predicted octanol–water partition coefficient (Wildman–Crippen LogP) is 12.0. The molecule has 0 nitrogen and oxygen atoms in total. The molecule has 0 bridgehead atoms. The summed E-state index contributed by atoms with van der Waals surface area (Å²) in [5.74, 6) is 1.06. The molecule has 37 heavy (non-hydrogen) atoms. The van der Waals surface area contributed by atoms with Crippen LogP contribution < -0.4 is 0 Å². The minimum Gasteiger partial charge on any atom is -0.166 e. The van der Waals surface area contributed by atoms with E-state index in [-0.39, 0.29) is 11.6 Å². The summed E-state index contributed by atoms with van der Waals surface area (Å²) in [6.45, 7) is 15.9. The van der Waals surface area contributed by atoms with Gasteiger partial charge in [-0.1, -0.05) is 97.9 Å². The van der Waals surface area contributed by atoms with Crippen molar-refractivity contribution in [2.75, 3.05) is 0 Å². The van der Waals surface area contributed by atoms with Crippen LogP contribution in [0.3, 0.4) is 0 Å². The van der Waals surface area contributed by atoms with Gasteiger partial charge in [0.15, 0.2) is 0 Å². The van der Waals surface area contributed by atoms with E-state index in [1.165, 1.54) is 25.7 Å². The third-order valence-corrected chi connectivity index (χ3v) is 5.84. The highest BCUT2D eigenvalue weighted by Crippen LogP contribution is 2.39. The fourth-order valence-corrected chi connectivity index (χ4v) is 3.64. The second kappa shape index (κ2) is 16.6. The first kappa shape index (κ1) is 34.8. The summed E-state index contributed by atoms with van der Waals surface area (Å²) in [6, 6.07) is 9.08. The summed E-state index contributed by atoms with van der Waals surface area (Å²) < 4.78 is 78.9. The number of aryl methyl sites for hydroxylation is 1. The number of rotatable bonds is 4. The van der Waals surface area contributed by atoms with Crippen LogP contribution in [-0.2, 0) is 12.4 Å². The van der Waals surface area contributed by atoms with Gasteiger partial charge >= 0.3 is 12.4 Å². The fraction of sp³-hybridized carbons (Fsp3) is 0.548. The zero-order chi connectivity index (χ0) is 28.8. The lowest BCUT2D eigenvalue weighted by Gasteiger charge is -2.18. The van der Waals surface area contributed by atoms with E-state index in [1.54, 1.807) is 13.0 Å². The van der Waals surface area contributed by atoms with Crippen LogP contribution in [-0.4, -0.2) is 0 Å². The zero-order valence-corrected chi connectivity index (χ0v) is 23.6. The average molecular weight is 531 g/mol. The summed E-state index contributed by atoms with van der Waals surface area (Å²) in [7, 11) is 0. The number of allylic oxidation sites excluding steroid dienone is 2. The Morgan fingerprint density at radius 1 is 0.838 bits per heavy atom. The second-order valence-electron chi connectivity index (χ2n) is 9.21. The van der Waals surface area contributed by atoms with E-state index in [1.807, 2.05) is 45.9 Å². The van der Waals surface area contributed by atoms with Crippen LogP contribution in [0.25, 0.3) is 11.1 Å². The molecule has 0 amide bonds. The van der Waals surface area contributed by atoms with Gasteiger partial charge in [-0.3, -0.25) is 0 Å². The highest BCUT2D eigenvalue weighted by Gasteiger charge is 2.37. The Morgan fingerprint density at radius 3 is 1.59 bits per heavy atom. The summed E-state index contributed by atoms with van der Waals surface area (Å²) in [4.78, 5) is 0. The van der Waals surface area contributed by atoms with Crippen molar-refractivity contribution in [1.82, 2.24) is 0 Å². The van der Waals surface area contributed by atoms with Crippen molar-refractivity contribution < 1.29 is 26.3 Å². The topological polar surface area (TPSA) is 0 Å². The highest BCUT2D eigenvalue weighted by atomic mass is 19.4. The van der Waals surface area contributed by atoms with E-state index >= 15 is 0 Å². The summed E-state index contributed by atoms with van der Waals surface area (Å²) in [6.07, 6.45) is -2.74. The van der Waals surface area contributed by atoms with E-state index in [2.05, 4.69) is 20.8 Å². The summed E-state index contributed by atoms with van der Waals surface area (Å²) >= 11 is 0. The summed E-state index contributed by atoms with van der Waals surface area (Å²) in [5, 5.41) is 0. The standard InChI is InChI=1S/C21H20F6.C5H10.C3H8.C2H6/c1-4-7-19(18-9-6-5-8-13(18)2)14(3)15-10-16(20(22,23)24)12-17(11-15)21(25,26)27;1-5-3-2-4-5;1-3-2;1-2/h5-6,8-12H,4,7H2,1-3H3;5H,2-4H2,1H3;3H2,1-2H3;1-2H3/b19-14+;;;. The van der Waals surface area contributed by atoms with Crippen molar-refractivity contribution in [3.05, 3.63) is 70.3 Å². The van der Waals surface area contributed by atoms with Crippen molar-refractivity contribution in [1.29, 1.82) is 0 Å². The van der Waals surface area contributed by atoms with Crippen molar-refractivity contribution in [3.8, 4) is 0 Å². The number of halogens is 6. The van der Waals surface area contributed by atoms with E-state index in [0.29, 0.717) is 18.4 Å². The maximum atomic E-state index is 13.2.